The van der Waals surface area contributed by atoms with Gasteiger partial charge in [0.05, 0.1) is 0 Å². The van der Waals surface area contributed by atoms with Crippen molar-refractivity contribution >= 4 is 18.1 Å². The molecule has 0 spiro atoms. The van der Waals surface area contributed by atoms with E-state index in [4.69, 9.17) is 0 Å². The second-order valence-corrected chi connectivity index (χ2v) is 3.13. The molecule has 0 aliphatic rings. The fourth-order valence-corrected chi connectivity index (χ4v) is 1.51. The molecular formula is C10H16Cl3NZn. The SMILES string of the molecule is Cc1cccc(C)c1N(C)C.Cl.[Cl-].[Cl-].[Zn+2]. The van der Waals surface area contributed by atoms with Gasteiger partial charge in [-0.2, -0.15) is 0 Å². The molecule has 0 amide bonds. The average Bonchev–Trinajstić information content (AvgIpc) is 1.85. The third-order valence-corrected chi connectivity index (χ3v) is 1.89. The van der Waals surface area contributed by atoms with Gasteiger partial charge in [-0.05, 0) is 25.0 Å². The van der Waals surface area contributed by atoms with Crippen LogP contribution in [-0.2, 0) is 19.5 Å². The van der Waals surface area contributed by atoms with Crippen molar-refractivity contribution in [2.75, 3.05) is 19.0 Å². The number of hydrogen-bond donors (Lipinski definition) is 0. The van der Waals surface area contributed by atoms with Gasteiger partial charge in [-0.1, -0.05) is 18.2 Å². The molecule has 0 aliphatic heterocycles. The van der Waals surface area contributed by atoms with Gasteiger partial charge >= 0.3 is 19.5 Å². The number of benzene rings is 1. The summed E-state index contributed by atoms with van der Waals surface area (Å²) < 4.78 is 0. The van der Waals surface area contributed by atoms with Crippen LogP contribution in [0.4, 0.5) is 5.69 Å². The maximum absolute atomic E-state index is 2.16. The van der Waals surface area contributed by atoms with E-state index < -0.39 is 0 Å². The Morgan fingerprint density at radius 2 is 1.27 bits per heavy atom. The summed E-state index contributed by atoms with van der Waals surface area (Å²) in [4.78, 5) is 2.16. The van der Waals surface area contributed by atoms with Gasteiger partial charge in [-0.3, -0.25) is 0 Å². The quantitative estimate of drug-likeness (QED) is 0.493. The van der Waals surface area contributed by atoms with Gasteiger partial charge in [0.1, 0.15) is 0 Å². The minimum absolute atomic E-state index is 0. The predicted molar refractivity (Wildman–Crippen MR) is 57.5 cm³/mol. The zero-order valence-electron chi connectivity index (χ0n) is 9.55. The van der Waals surface area contributed by atoms with E-state index in [1.807, 2.05) is 0 Å². The molecule has 0 fully saturated rings. The molecule has 0 unspecified atom stereocenters. The van der Waals surface area contributed by atoms with Crippen LogP contribution in [0.15, 0.2) is 18.2 Å². The summed E-state index contributed by atoms with van der Waals surface area (Å²) in [6.07, 6.45) is 0. The molecule has 0 aliphatic carbocycles. The summed E-state index contributed by atoms with van der Waals surface area (Å²) in [5.41, 5.74) is 4.03. The third-order valence-electron chi connectivity index (χ3n) is 1.89. The monoisotopic (exact) mass is 319 g/mol. The summed E-state index contributed by atoms with van der Waals surface area (Å²) in [5.74, 6) is 0. The largest absolute Gasteiger partial charge is 2.00 e. The number of rotatable bonds is 1. The van der Waals surface area contributed by atoms with E-state index >= 15 is 0 Å². The molecule has 1 nitrogen and oxygen atoms in total. The van der Waals surface area contributed by atoms with E-state index in [1.54, 1.807) is 0 Å². The van der Waals surface area contributed by atoms with Gasteiger partial charge in [-0.25, -0.2) is 0 Å². The zero-order valence-corrected chi connectivity index (χ0v) is 14.8. The van der Waals surface area contributed by atoms with Crippen molar-refractivity contribution in [1.82, 2.24) is 0 Å². The molecule has 0 aromatic heterocycles. The standard InChI is InChI=1S/C10H15N.3ClH.Zn/c1-8-6-5-7-9(2)10(8)11(3)4;;;;/h5-7H,1-4H3;3*1H;/q;;;;+2/p-2. The van der Waals surface area contributed by atoms with E-state index in [0.717, 1.165) is 0 Å². The fourth-order valence-electron chi connectivity index (χ4n) is 1.51. The van der Waals surface area contributed by atoms with Gasteiger partial charge in [0.25, 0.3) is 0 Å². The van der Waals surface area contributed by atoms with Crippen LogP contribution in [0.3, 0.4) is 0 Å². The van der Waals surface area contributed by atoms with E-state index in [-0.39, 0.29) is 56.7 Å². The molecule has 0 heterocycles. The van der Waals surface area contributed by atoms with E-state index in [2.05, 4.69) is 51.0 Å². The van der Waals surface area contributed by atoms with Crippen molar-refractivity contribution < 1.29 is 44.3 Å². The molecule has 1 aromatic carbocycles. The molecule has 0 N–H and O–H groups in total. The summed E-state index contributed by atoms with van der Waals surface area (Å²) in [6, 6.07) is 6.38. The molecule has 1 rings (SSSR count). The molecule has 1 aromatic rings. The Morgan fingerprint density at radius 3 is 1.47 bits per heavy atom. The van der Waals surface area contributed by atoms with Crippen LogP contribution in [0, 0.1) is 13.8 Å². The van der Waals surface area contributed by atoms with Gasteiger partial charge in [0.2, 0.25) is 0 Å². The molecule has 0 bridgehead atoms. The Bertz CT molecular complexity index is 247. The van der Waals surface area contributed by atoms with Gasteiger partial charge in [0.15, 0.2) is 0 Å². The van der Waals surface area contributed by atoms with Crippen molar-refractivity contribution in [3.63, 3.8) is 0 Å². The number of hydrogen-bond acceptors (Lipinski definition) is 1. The van der Waals surface area contributed by atoms with Crippen molar-refractivity contribution in [3.05, 3.63) is 29.3 Å². The first-order valence-electron chi connectivity index (χ1n) is 3.86. The maximum Gasteiger partial charge on any atom is 2.00 e. The zero-order chi connectivity index (χ0) is 8.43. The van der Waals surface area contributed by atoms with Crippen LogP contribution in [0.5, 0.6) is 0 Å². The molecule has 0 saturated carbocycles. The number of anilines is 1. The summed E-state index contributed by atoms with van der Waals surface area (Å²) in [7, 11) is 4.16. The van der Waals surface area contributed by atoms with E-state index in [1.165, 1.54) is 16.8 Å². The van der Waals surface area contributed by atoms with Crippen LogP contribution in [0.2, 0.25) is 0 Å². The second kappa shape index (κ2) is 11.0. The van der Waals surface area contributed by atoms with Crippen molar-refractivity contribution in [1.29, 1.82) is 0 Å². The Kier molecular flexibility index (Phi) is 18.1. The molecule has 0 atom stereocenters. The van der Waals surface area contributed by atoms with Crippen LogP contribution in [0.1, 0.15) is 11.1 Å². The topological polar surface area (TPSA) is 3.24 Å². The van der Waals surface area contributed by atoms with Gasteiger partial charge < -0.3 is 29.7 Å². The number of aryl methyl sites for hydroxylation is 2. The van der Waals surface area contributed by atoms with Crippen LogP contribution in [-0.4, -0.2) is 14.1 Å². The molecule has 5 heteroatoms. The minimum Gasteiger partial charge on any atom is -1.00 e. The first-order chi connectivity index (χ1) is 5.13. The summed E-state index contributed by atoms with van der Waals surface area (Å²) in [5, 5.41) is 0. The fraction of sp³-hybridized carbons (Fsp3) is 0.400. The van der Waals surface area contributed by atoms with Crippen LogP contribution < -0.4 is 29.7 Å². The Morgan fingerprint density at radius 1 is 0.933 bits per heavy atom. The smallest absolute Gasteiger partial charge is 1.00 e. The number of halogens is 3. The van der Waals surface area contributed by atoms with Crippen molar-refractivity contribution in [2.24, 2.45) is 0 Å². The maximum atomic E-state index is 2.16. The number of nitrogens with zero attached hydrogens (tertiary/aromatic N) is 1. The van der Waals surface area contributed by atoms with Gasteiger partial charge in [0, 0.05) is 19.8 Å². The Labute approximate surface area is 124 Å². The first-order valence-corrected chi connectivity index (χ1v) is 3.86. The third kappa shape index (κ3) is 6.63. The second-order valence-electron chi connectivity index (χ2n) is 3.13. The summed E-state index contributed by atoms with van der Waals surface area (Å²) in [6.45, 7) is 4.28. The van der Waals surface area contributed by atoms with Crippen LogP contribution in [0.25, 0.3) is 0 Å². The molecule has 0 saturated heterocycles. The van der Waals surface area contributed by atoms with E-state index in [0.29, 0.717) is 0 Å². The molecule has 15 heavy (non-hydrogen) atoms. The average molecular weight is 322 g/mol. The van der Waals surface area contributed by atoms with Crippen LogP contribution >= 0.6 is 12.4 Å². The van der Waals surface area contributed by atoms with Gasteiger partial charge in [-0.15, -0.1) is 12.4 Å². The van der Waals surface area contributed by atoms with Crippen molar-refractivity contribution in [3.8, 4) is 0 Å². The summed E-state index contributed by atoms with van der Waals surface area (Å²) >= 11 is 0. The number of para-hydroxylation sites is 1. The normalized spacial score (nSPS) is 7.20. The molecular weight excluding hydrogens is 306 g/mol. The predicted octanol–water partition coefficient (Wildman–Crippen LogP) is -3.20. The van der Waals surface area contributed by atoms with Crippen molar-refractivity contribution in [2.45, 2.75) is 13.8 Å². The first kappa shape index (κ1) is 24.7. The molecule has 0 radical (unpaired) electrons. The molecule has 84 valence electrons. The minimum atomic E-state index is 0. The van der Waals surface area contributed by atoms with E-state index in [9.17, 15) is 0 Å². The Balaban J connectivity index is -0.000000151. The Hall–Kier alpha value is 0.513.